The largest absolute Gasteiger partial charge is 0.363 e. The molecule has 1 heterocycles. The van der Waals surface area contributed by atoms with Gasteiger partial charge in [-0.15, -0.1) is 0 Å². The van der Waals surface area contributed by atoms with Crippen LogP contribution in [0.3, 0.4) is 0 Å². The Hall–Kier alpha value is -6.50. The Balaban J connectivity index is 1.24. The fourth-order valence-corrected chi connectivity index (χ4v) is 9.16. The van der Waals surface area contributed by atoms with Gasteiger partial charge in [-0.25, -0.2) is 0 Å². The smallest absolute Gasteiger partial charge is 0.126 e. The van der Waals surface area contributed by atoms with E-state index in [4.69, 9.17) is 4.99 Å². The minimum Gasteiger partial charge on any atom is -0.363 e. The molecule has 0 saturated carbocycles. The maximum Gasteiger partial charge on any atom is 0.126 e. The third kappa shape index (κ3) is 4.54. The number of aliphatic imine (C=N–C) groups is 1. The maximum atomic E-state index is 9.60. The number of allylic oxidation sites excluding steroid dienone is 4. The quantitative estimate of drug-likeness (QED) is 0.203. The van der Waals surface area contributed by atoms with E-state index >= 15 is 0 Å². The molecule has 2 unspecified atom stereocenters. The van der Waals surface area contributed by atoms with Crippen LogP contribution >= 0.6 is 0 Å². The first-order valence-corrected chi connectivity index (χ1v) is 18.1. The van der Waals surface area contributed by atoms with Gasteiger partial charge in [0.05, 0.1) is 22.8 Å². The molecule has 3 heteroatoms. The highest BCUT2D eigenvalue weighted by Gasteiger charge is 2.50. The minimum absolute atomic E-state index is 0.0979. The van der Waals surface area contributed by atoms with Gasteiger partial charge in [0.1, 0.15) is 6.17 Å². The third-order valence-electron chi connectivity index (χ3n) is 11.4. The standard InChI is InChI=1S/C49H35N3/c50-31-32-25-27-33(28-26-32)36-19-11-23-44-40(36)29-41-39(47-30-46(34-13-3-1-4-14-34)51-48(52-47)35-15-5-2-6-16-35)20-12-24-45(41)49(44)42-21-9-7-17-37(42)38-18-8-10-22-43(38)49/h1-15,17-28,30,35,48,52H,16,29H2. The summed E-state index contributed by atoms with van der Waals surface area (Å²) in [5, 5.41) is 13.5. The lowest BCUT2D eigenvalue weighted by molar-refractivity contribution is 0.470. The Kier molecular flexibility index (Phi) is 7.05. The molecule has 3 aliphatic carbocycles. The van der Waals surface area contributed by atoms with E-state index in [1.165, 1.54) is 55.6 Å². The zero-order valence-electron chi connectivity index (χ0n) is 28.6. The van der Waals surface area contributed by atoms with E-state index in [0.717, 1.165) is 35.4 Å². The van der Waals surface area contributed by atoms with Gasteiger partial charge in [-0.05, 0) is 92.2 Å². The van der Waals surface area contributed by atoms with Crippen LogP contribution in [0.4, 0.5) is 0 Å². The van der Waals surface area contributed by atoms with Crippen molar-refractivity contribution in [3.63, 3.8) is 0 Å². The molecule has 0 fully saturated rings. The van der Waals surface area contributed by atoms with E-state index in [1.807, 2.05) is 12.1 Å². The summed E-state index contributed by atoms with van der Waals surface area (Å²) >= 11 is 0. The summed E-state index contributed by atoms with van der Waals surface area (Å²) in [6, 6.07) is 52.7. The summed E-state index contributed by atoms with van der Waals surface area (Å²) in [5.41, 5.74) is 17.5. The van der Waals surface area contributed by atoms with Crippen molar-refractivity contribution in [2.24, 2.45) is 10.9 Å². The monoisotopic (exact) mass is 665 g/mol. The van der Waals surface area contributed by atoms with E-state index in [-0.39, 0.29) is 12.1 Å². The molecule has 3 nitrogen and oxygen atoms in total. The van der Waals surface area contributed by atoms with Crippen LogP contribution in [0.15, 0.2) is 175 Å². The number of fused-ring (bicyclic) bond motifs is 9. The highest BCUT2D eigenvalue weighted by atomic mass is 15.1. The molecule has 0 aromatic heterocycles. The fraction of sp³-hybridized carbons (Fsp3) is 0.102. The molecule has 0 saturated heterocycles. The molecule has 6 aromatic rings. The minimum atomic E-state index is -0.503. The summed E-state index contributed by atoms with van der Waals surface area (Å²) in [5.74, 6) is 0.246. The van der Waals surface area contributed by atoms with E-state index in [0.29, 0.717) is 5.56 Å². The second kappa shape index (κ2) is 12.1. The van der Waals surface area contributed by atoms with Gasteiger partial charge in [0.25, 0.3) is 0 Å². The molecule has 0 radical (unpaired) electrons. The summed E-state index contributed by atoms with van der Waals surface area (Å²) < 4.78 is 0. The molecule has 4 aliphatic rings. The Morgan fingerprint density at radius 3 is 1.88 bits per heavy atom. The Morgan fingerprint density at radius 2 is 1.21 bits per heavy atom. The highest BCUT2D eigenvalue weighted by Crippen LogP contribution is 2.60. The van der Waals surface area contributed by atoms with E-state index in [1.54, 1.807) is 0 Å². The molecule has 246 valence electrons. The normalized spacial score (nSPS) is 18.6. The van der Waals surface area contributed by atoms with Gasteiger partial charge in [-0.3, -0.25) is 4.99 Å². The number of hydrogen-bond acceptors (Lipinski definition) is 3. The van der Waals surface area contributed by atoms with Gasteiger partial charge in [0, 0.05) is 17.2 Å². The molecule has 6 aromatic carbocycles. The third-order valence-corrected chi connectivity index (χ3v) is 11.4. The van der Waals surface area contributed by atoms with Crippen molar-refractivity contribution in [2.45, 2.75) is 24.4 Å². The van der Waals surface area contributed by atoms with Crippen molar-refractivity contribution in [3.8, 4) is 28.3 Å². The molecule has 1 N–H and O–H groups in total. The molecular weight excluding hydrogens is 631 g/mol. The molecule has 0 bridgehead atoms. The lowest BCUT2D eigenvalue weighted by Crippen LogP contribution is -2.38. The molecular formula is C49H35N3. The fourth-order valence-electron chi connectivity index (χ4n) is 9.16. The van der Waals surface area contributed by atoms with Crippen LogP contribution in [0.5, 0.6) is 0 Å². The first kappa shape index (κ1) is 30.3. The average molecular weight is 666 g/mol. The van der Waals surface area contributed by atoms with Crippen molar-refractivity contribution < 1.29 is 0 Å². The highest BCUT2D eigenvalue weighted by molar-refractivity contribution is 6.13. The van der Waals surface area contributed by atoms with Crippen LogP contribution in [0, 0.1) is 17.2 Å². The molecule has 52 heavy (non-hydrogen) atoms. The number of hydrogen-bond donors (Lipinski definition) is 1. The van der Waals surface area contributed by atoms with Crippen LogP contribution < -0.4 is 5.32 Å². The Labute approximate surface area is 304 Å². The molecule has 10 rings (SSSR count). The number of rotatable bonds is 4. The Morgan fingerprint density at radius 1 is 0.596 bits per heavy atom. The van der Waals surface area contributed by atoms with Crippen molar-refractivity contribution in [1.82, 2.24) is 5.32 Å². The number of nitrogens with one attached hydrogen (secondary N) is 1. The first-order chi connectivity index (χ1) is 25.7. The molecule has 1 spiro atoms. The van der Waals surface area contributed by atoms with Crippen molar-refractivity contribution in [2.75, 3.05) is 0 Å². The van der Waals surface area contributed by atoms with E-state index in [9.17, 15) is 5.26 Å². The molecule has 2 atom stereocenters. The topological polar surface area (TPSA) is 48.2 Å². The van der Waals surface area contributed by atoms with Gasteiger partial charge in [0.2, 0.25) is 0 Å². The second-order valence-electron chi connectivity index (χ2n) is 14.1. The van der Waals surface area contributed by atoms with Crippen LogP contribution in [-0.2, 0) is 11.8 Å². The molecule has 1 aliphatic heterocycles. The number of nitriles is 1. The second-order valence-corrected chi connectivity index (χ2v) is 14.1. The van der Waals surface area contributed by atoms with Gasteiger partial charge < -0.3 is 5.32 Å². The zero-order valence-corrected chi connectivity index (χ0v) is 28.6. The number of nitrogens with zero attached hydrogens (tertiary/aromatic N) is 2. The van der Waals surface area contributed by atoms with Crippen LogP contribution in [0.25, 0.3) is 28.0 Å². The van der Waals surface area contributed by atoms with Crippen molar-refractivity contribution >= 4 is 11.4 Å². The first-order valence-electron chi connectivity index (χ1n) is 18.1. The van der Waals surface area contributed by atoms with Crippen molar-refractivity contribution in [3.05, 3.63) is 220 Å². The molecule has 0 amide bonds. The Bertz CT molecular complexity index is 2520. The summed E-state index contributed by atoms with van der Waals surface area (Å²) in [4.78, 5) is 5.32. The van der Waals surface area contributed by atoms with Gasteiger partial charge in [-0.1, -0.05) is 152 Å². The van der Waals surface area contributed by atoms with E-state index < -0.39 is 5.41 Å². The van der Waals surface area contributed by atoms with Gasteiger partial charge in [0.15, 0.2) is 0 Å². The SMILES string of the molecule is N#Cc1ccc(-c2cccc3c2Cc2c(C4=CC(c5ccccc5)=NC(C5C=CC=CC5)N4)cccc2C32c3ccccc3-c3ccccc32)cc1. The van der Waals surface area contributed by atoms with Crippen molar-refractivity contribution in [1.29, 1.82) is 5.26 Å². The van der Waals surface area contributed by atoms with Crippen LogP contribution in [0.2, 0.25) is 0 Å². The predicted molar refractivity (Wildman–Crippen MR) is 211 cm³/mol. The summed E-state index contributed by atoms with van der Waals surface area (Å²) in [6.45, 7) is 0. The lowest BCUT2D eigenvalue weighted by atomic mass is 9.60. The summed E-state index contributed by atoms with van der Waals surface area (Å²) in [6.07, 6.45) is 12.7. The van der Waals surface area contributed by atoms with Gasteiger partial charge in [-0.2, -0.15) is 5.26 Å². The lowest BCUT2D eigenvalue weighted by Gasteiger charge is -2.42. The average Bonchev–Trinajstić information content (AvgIpc) is 3.52. The van der Waals surface area contributed by atoms with Crippen LogP contribution in [0.1, 0.15) is 56.5 Å². The summed E-state index contributed by atoms with van der Waals surface area (Å²) in [7, 11) is 0. The predicted octanol–water partition coefficient (Wildman–Crippen LogP) is 10.4. The maximum absolute atomic E-state index is 9.60. The number of benzene rings is 6. The van der Waals surface area contributed by atoms with Crippen LogP contribution in [-0.4, -0.2) is 11.9 Å². The van der Waals surface area contributed by atoms with Gasteiger partial charge >= 0.3 is 0 Å². The zero-order chi connectivity index (χ0) is 34.6. The van der Waals surface area contributed by atoms with E-state index in [2.05, 4.69) is 169 Å².